The molecule has 158 valence electrons. The zero-order valence-corrected chi connectivity index (χ0v) is 19.5. The van der Waals surface area contributed by atoms with E-state index in [-0.39, 0.29) is 5.97 Å². The zero-order valence-electron chi connectivity index (χ0n) is 17.8. The Morgan fingerprint density at radius 1 is 1.20 bits per heavy atom. The number of benzene rings is 1. The highest BCUT2D eigenvalue weighted by Gasteiger charge is 2.18. The van der Waals surface area contributed by atoms with Gasteiger partial charge in [-0.15, -0.1) is 11.3 Å². The lowest BCUT2D eigenvalue weighted by Crippen LogP contribution is -2.20. The molecule has 2 heterocycles. The summed E-state index contributed by atoms with van der Waals surface area (Å²) in [5.41, 5.74) is 5.63. The van der Waals surface area contributed by atoms with Crippen LogP contribution in [0.25, 0.3) is 0 Å². The Balaban J connectivity index is 1.76. The van der Waals surface area contributed by atoms with E-state index in [0.29, 0.717) is 22.2 Å². The summed E-state index contributed by atoms with van der Waals surface area (Å²) in [5.74, 6) is -0.380. The van der Waals surface area contributed by atoms with E-state index in [0.717, 1.165) is 28.4 Å². The third kappa shape index (κ3) is 4.88. The molecule has 0 spiro atoms. The number of aryl methyl sites for hydroxylation is 3. The van der Waals surface area contributed by atoms with E-state index >= 15 is 0 Å². The first-order chi connectivity index (χ1) is 14.3. The Hall–Kier alpha value is -2.71. The van der Waals surface area contributed by atoms with Crippen LogP contribution < -0.4 is 10.6 Å². The van der Waals surface area contributed by atoms with E-state index in [1.54, 1.807) is 0 Å². The fraction of sp³-hybridized carbons (Fsp3) is 0.318. The van der Waals surface area contributed by atoms with Crippen LogP contribution in [0.2, 0.25) is 0 Å². The SMILES string of the molecule is CCc1cc(C(=O)OC)c(NC(=S)Nc2c(C)nn(Cc3ccc(C)cc3)c2C)s1. The molecule has 0 radical (unpaired) electrons. The molecule has 0 fully saturated rings. The number of anilines is 2. The maximum Gasteiger partial charge on any atom is 0.340 e. The van der Waals surface area contributed by atoms with Crippen molar-refractivity contribution in [3.05, 3.63) is 63.3 Å². The Morgan fingerprint density at radius 2 is 1.90 bits per heavy atom. The van der Waals surface area contributed by atoms with E-state index in [9.17, 15) is 4.79 Å². The number of thiophene rings is 1. The van der Waals surface area contributed by atoms with E-state index < -0.39 is 0 Å². The van der Waals surface area contributed by atoms with Crippen molar-refractivity contribution in [2.45, 2.75) is 40.7 Å². The molecule has 0 amide bonds. The lowest BCUT2D eigenvalue weighted by Gasteiger charge is -2.11. The van der Waals surface area contributed by atoms with Crippen LogP contribution in [-0.2, 0) is 17.7 Å². The predicted octanol–water partition coefficient (Wildman–Crippen LogP) is 5.08. The van der Waals surface area contributed by atoms with Crippen LogP contribution in [-0.4, -0.2) is 28.0 Å². The summed E-state index contributed by atoms with van der Waals surface area (Å²) in [7, 11) is 1.38. The van der Waals surface area contributed by atoms with Gasteiger partial charge in [-0.2, -0.15) is 5.10 Å². The smallest absolute Gasteiger partial charge is 0.340 e. The monoisotopic (exact) mass is 442 g/mol. The number of carbonyl (C=O) groups excluding carboxylic acids is 1. The van der Waals surface area contributed by atoms with Crippen molar-refractivity contribution in [2.75, 3.05) is 17.7 Å². The summed E-state index contributed by atoms with van der Waals surface area (Å²) in [6.45, 7) is 8.77. The summed E-state index contributed by atoms with van der Waals surface area (Å²) in [5, 5.41) is 12.1. The van der Waals surface area contributed by atoms with Gasteiger partial charge in [0.2, 0.25) is 0 Å². The van der Waals surface area contributed by atoms with Gasteiger partial charge in [-0.1, -0.05) is 36.8 Å². The number of carbonyl (C=O) groups is 1. The van der Waals surface area contributed by atoms with Crippen LogP contribution in [0.5, 0.6) is 0 Å². The summed E-state index contributed by atoms with van der Waals surface area (Å²) in [6.07, 6.45) is 0.834. The van der Waals surface area contributed by atoms with Gasteiger partial charge >= 0.3 is 5.97 Å². The van der Waals surface area contributed by atoms with Gasteiger partial charge in [-0.05, 0) is 51.0 Å². The minimum Gasteiger partial charge on any atom is -0.465 e. The van der Waals surface area contributed by atoms with Gasteiger partial charge in [0.1, 0.15) is 5.00 Å². The number of esters is 1. The van der Waals surface area contributed by atoms with Gasteiger partial charge in [0.05, 0.1) is 36.3 Å². The van der Waals surface area contributed by atoms with Crippen molar-refractivity contribution >= 4 is 45.3 Å². The van der Waals surface area contributed by atoms with Gasteiger partial charge in [0, 0.05) is 4.88 Å². The number of hydrogen-bond acceptors (Lipinski definition) is 5. The molecule has 6 nitrogen and oxygen atoms in total. The fourth-order valence-corrected chi connectivity index (χ4v) is 4.37. The highest BCUT2D eigenvalue weighted by Crippen LogP contribution is 2.30. The number of ether oxygens (including phenoxy) is 1. The molecule has 0 atom stereocenters. The van der Waals surface area contributed by atoms with Crippen molar-refractivity contribution in [1.82, 2.24) is 9.78 Å². The topological polar surface area (TPSA) is 68.2 Å². The first kappa shape index (κ1) is 22.0. The second kappa shape index (κ2) is 9.40. The van der Waals surface area contributed by atoms with E-state index in [2.05, 4.69) is 46.9 Å². The number of thiocarbonyl (C=S) groups is 1. The quantitative estimate of drug-likeness (QED) is 0.410. The first-order valence-corrected chi connectivity index (χ1v) is 10.9. The first-order valence-electron chi connectivity index (χ1n) is 9.71. The molecular weight excluding hydrogens is 416 g/mol. The van der Waals surface area contributed by atoms with E-state index in [1.165, 1.54) is 29.6 Å². The minimum atomic E-state index is -0.380. The van der Waals surface area contributed by atoms with Crippen LogP contribution in [0, 0.1) is 20.8 Å². The Bertz CT molecular complexity index is 1070. The Kier molecular flexibility index (Phi) is 6.89. The summed E-state index contributed by atoms with van der Waals surface area (Å²) in [6, 6.07) is 10.3. The number of aromatic nitrogens is 2. The Morgan fingerprint density at radius 3 is 2.53 bits per heavy atom. The highest BCUT2D eigenvalue weighted by atomic mass is 32.1. The van der Waals surface area contributed by atoms with Gasteiger partial charge in [0.25, 0.3) is 0 Å². The molecule has 8 heteroatoms. The van der Waals surface area contributed by atoms with Crippen LogP contribution >= 0.6 is 23.6 Å². The molecule has 3 aromatic rings. The molecule has 0 unspecified atom stereocenters. The molecule has 3 rings (SSSR count). The lowest BCUT2D eigenvalue weighted by atomic mass is 10.1. The van der Waals surface area contributed by atoms with Crippen molar-refractivity contribution in [2.24, 2.45) is 0 Å². The van der Waals surface area contributed by atoms with Crippen LogP contribution in [0.3, 0.4) is 0 Å². The lowest BCUT2D eigenvalue weighted by molar-refractivity contribution is 0.0602. The molecule has 0 aliphatic carbocycles. The second-order valence-electron chi connectivity index (χ2n) is 7.07. The molecule has 0 bridgehead atoms. The van der Waals surface area contributed by atoms with Crippen LogP contribution in [0.1, 0.15) is 44.7 Å². The molecule has 1 aromatic carbocycles. The molecular formula is C22H26N4O2S2. The van der Waals surface area contributed by atoms with Gasteiger partial charge < -0.3 is 15.4 Å². The van der Waals surface area contributed by atoms with Gasteiger partial charge in [0.15, 0.2) is 5.11 Å². The van der Waals surface area contributed by atoms with E-state index in [4.69, 9.17) is 17.0 Å². The number of nitrogens with zero attached hydrogens (tertiary/aromatic N) is 2. The largest absolute Gasteiger partial charge is 0.465 e. The second-order valence-corrected chi connectivity index (χ2v) is 8.61. The molecule has 0 saturated heterocycles. The van der Waals surface area contributed by atoms with Gasteiger partial charge in [-0.25, -0.2) is 4.79 Å². The number of nitrogens with one attached hydrogen (secondary N) is 2. The third-order valence-electron chi connectivity index (χ3n) is 4.84. The molecule has 2 aromatic heterocycles. The van der Waals surface area contributed by atoms with Gasteiger partial charge in [-0.3, -0.25) is 4.68 Å². The fourth-order valence-electron chi connectivity index (χ4n) is 3.12. The molecule has 30 heavy (non-hydrogen) atoms. The standard InChI is InChI=1S/C22H26N4O2S2/c1-6-17-11-18(21(27)28-5)20(30-17)24-22(29)23-19-14(3)25-26(15(19)4)12-16-9-7-13(2)8-10-16/h7-11H,6,12H2,1-5H3,(H2,23,24,29). The average Bonchev–Trinajstić information content (AvgIpc) is 3.25. The summed E-state index contributed by atoms with van der Waals surface area (Å²) in [4.78, 5) is 13.2. The Labute approximate surface area is 186 Å². The van der Waals surface area contributed by atoms with E-state index in [1.807, 2.05) is 31.5 Å². The average molecular weight is 443 g/mol. The zero-order chi connectivity index (χ0) is 21.8. The van der Waals surface area contributed by atoms with Crippen molar-refractivity contribution < 1.29 is 9.53 Å². The molecule has 0 saturated carbocycles. The number of rotatable bonds is 6. The maximum absolute atomic E-state index is 12.1. The molecule has 0 aliphatic heterocycles. The predicted molar refractivity (Wildman–Crippen MR) is 127 cm³/mol. The third-order valence-corrected chi connectivity index (χ3v) is 6.24. The summed E-state index contributed by atoms with van der Waals surface area (Å²) < 4.78 is 6.85. The molecule has 2 N–H and O–H groups in total. The van der Waals surface area contributed by atoms with Crippen LogP contribution in [0.4, 0.5) is 10.7 Å². The minimum absolute atomic E-state index is 0.380. The maximum atomic E-state index is 12.1. The normalized spacial score (nSPS) is 10.7. The number of hydrogen-bond donors (Lipinski definition) is 2. The van der Waals surface area contributed by atoms with Crippen molar-refractivity contribution in [1.29, 1.82) is 0 Å². The number of methoxy groups -OCH3 is 1. The van der Waals surface area contributed by atoms with Crippen molar-refractivity contribution in [3.63, 3.8) is 0 Å². The highest BCUT2D eigenvalue weighted by molar-refractivity contribution is 7.80. The molecule has 0 aliphatic rings. The summed E-state index contributed by atoms with van der Waals surface area (Å²) >= 11 is 7.01. The van der Waals surface area contributed by atoms with Crippen LogP contribution in [0.15, 0.2) is 30.3 Å². The van der Waals surface area contributed by atoms with Crippen molar-refractivity contribution in [3.8, 4) is 0 Å².